The van der Waals surface area contributed by atoms with Crippen LogP contribution in [0.3, 0.4) is 0 Å². The van der Waals surface area contributed by atoms with Crippen molar-refractivity contribution in [3.05, 3.63) is 28.2 Å². The standard InChI is InChI=1S/C15H17BrN2O2/c1-3-6-17-7-9-18(10-8-17)15(19)13-5-4-12(16)11-14(13)20-2/h1,4-5,11H,6-10H2,2H3. The molecule has 0 spiro atoms. The molecule has 0 saturated carbocycles. The highest BCUT2D eigenvalue weighted by Gasteiger charge is 2.23. The van der Waals surface area contributed by atoms with Gasteiger partial charge in [0, 0.05) is 30.7 Å². The number of hydrogen-bond acceptors (Lipinski definition) is 3. The van der Waals surface area contributed by atoms with Crippen LogP contribution in [0.25, 0.3) is 0 Å². The number of amides is 1. The largest absolute Gasteiger partial charge is 0.496 e. The molecule has 0 bridgehead atoms. The van der Waals surface area contributed by atoms with Crippen molar-refractivity contribution in [3.63, 3.8) is 0 Å². The van der Waals surface area contributed by atoms with E-state index >= 15 is 0 Å². The van der Waals surface area contributed by atoms with Gasteiger partial charge in [0.1, 0.15) is 5.75 Å². The van der Waals surface area contributed by atoms with Crippen LogP contribution in [0.2, 0.25) is 0 Å². The molecule has 1 amide bonds. The van der Waals surface area contributed by atoms with Crippen LogP contribution < -0.4 is 4.74 Å². The lowest BCUT2D eigenvalue weighted by Gasteiger charge is -2.33. The molecule has 0 aliphatic carbocycles. The molecule has 1 saturated heterocycles. The minimum Gasteiger partial charge on any atom is -0.496 e. The molecular weight excluding hydrogens is 320 g/mol. The monoisotopic (exact) mass is 336 g/mol. The van der Waals surface area contributed by atoms with E-state index in [-0.39, 0.29) is 5.91 Å². The first kappa shape index (κ1) is 14.9. The molecule has 20 heavy (non-hydrogen) atoms. The molecule has 0 N–H and O–H groups in total. The average Bonchev–Trinajstić information content (AvgIpc) is 2.47. The number of terminal acetylenes is 1. The summed E-state index contributed by atoms with van der Waals surface area (Å²) in [6, 6.07) is 5.45. The Morgan fingerprint density at radius 3 is 2.70 bits per heavy atom. The van der Waals surface area contributed by atoms with Gasteiger partial charge in [-0.1, -0.05) is 21.9 Å². The van der Waals surface area contributed by atoms with Gasteiger partial charge in [0.05, 0.1) is 19.2 Å². The molecule has 0 radical (unpaired) electrons. The summed E-state index contributed by atoms with van der Waals surface area (Å²) in [5.41, 5.74) is 0.598. The summed E-state index contributed by atoms with van der Waals surface area (Å²) in [6.45, 7) is 3.66. The quantitative estimate of drug-likeness (QED) is 0.790. The summed E-state index contributed by atoms with van der Waals surface area (Å²) in [4.78, 5) is 16.5. The SMILES string of the molecule is C#CCN1CCN(C(=O)c2ccc(Br)cc2OC)CC1. The van der Waals surface area contributed by atoms with Crippen LogP contribution in [0.1, 0.15) is 10.4 Å². The fourth-order valence-corrected chi connectivity index (χ4v) is 2.59. The number of halogens is 1. The first-order valence-electron chi connectivity index (χ1n) is 6.44. The van der Waals surface area contributed by atoms with E-state index in [1.54, 1.807) is 13.2 Å². The van der Waals surface area contributed by atoms with Crippen LogP contribution in [0, 0.1) is 12.3 Å². The fourth-order valence-electron chi connectivity index (χ4n) is 2.25. The Bertz CT molecular complexity index is 531. The topological polar surface area (TPSA) is 32.8 Å². The zero-order valence-corrected chi connectivity index (χ0v) is 13.0. The van der Waals surface area contributed by atoms with Crippen molar-refractivity contribution in [2.75, 3.05) is 39.8 Å². The van der Waals surface area contributed by atoms with E-state index in [0.717, 1.165) is 17.6 Å². The summed E-state index contributed by atoms with van der Waals surface area (Å²) in [6.07, 6.45) is 5.30. The Kier molecular flexibility index (Phi) is 5.05. The second kappa shape index (κ2) is 6.78. The third kappa shape index (κ3) is 3.33. The molecule has 106 valence electrons. The van der Waals surface area contributed by atoms with Crippen molar-refractivity contribution < 1.29 is 9.53 Å². The van der Waals surface area contributed by atoms with Gasteiger partial charge >= 0.3 is 0 Å². The molecule has 0 aromatic heterocycles. The van der Waals surface area contributed by atoms with Gasteiger partial charge in [0.25, 0.3) is 5.91 Å². The summed E-state index contributed by atoms with van der Waals surface area (Å²) in [5.74, 6) is 3.24. The lowest BCUT2D eigenvalue weighted by molar-refractivity contribution is 0.0649. The minimum absolute atomic E-state index is 0.00899. The van der Waals surface area contributed by atoms with Crippen LogP contribution in [-0.4, -0.2) is 55.5 Å². The van der Waals surface area contributed by atoms with E-state index < -0.39 is 0 Å². The number of rotatable bonds is 3. The smallest absolute Gasteiger partial charge is 0.257 e. The maximum atomic E-state index is 12.5. The number of carbonyl (C=O) groups is 1. The summed E-state index contributed by atoms with van der Waals surface area (Å²) in [7, 11) is 1.57. The molecule has 5 heteroatoms. The van der Waals surface area contributed by atoms with E-state index in [0.29, 0.717) is 30.9 Å². The Balaban J connectivity index is 2.08. The molecular formula is C15H17BrN2O2. The lowest BCUT2D eigenvalue weighted by Crippen LogP contribution is -2.48. The Hall–Kier alpha value is -1.51. The minimum atomic E-state index is 0.00899. The van der Waals surface area contributed by atoms with Crippen molar-refractivity contribution in [2.24, 2.45) is 0 Å². The molecule has 1 aromatic carbocycles. The van der Waals surface area contributed by atoms with E-state index in [4.69, 9.17) is 11.2 Å². The van der Waals surface area contributed by atoms with Gasteiger partial charge in [-0.3, -0.25) is 9.69 Å². The van der Waals surface area contributed by atoms with Crippen LogP contribution >= 0.6 is 15.9 Å². The molecule has 1 aromatic rings. The van der Waals surface area contributed by atoms with Gasteiger partial charge in [-0.25, -0.2) is 0 Å². The number of piperazine rings is 1. The van der Waals surface area contributed by atoms with Gasteiger partial charge in [-0.2, -0.15) is 0 Å². The van der Waals surface area contributed by atoms with Crippen LogP contribution in [0.5, 0.6) is 5.75 Å². The van der Waals surface area contributed by atoms with Crippen LogP contribution in [-0.2, 0) is 0 Å². The van der Waals surface area contributed by atoms with E-state index in [1.165, 1.54) is 0 Å². The lowest BCUT2D eigenvalue weighted by atomic mass is 10.1. The number of benzene rings is 1. The molecule has 2 rings (SSSR count). The zero-order chi connectivity index (χ0) is 14.5. The van der Waals surface area contributed by atoms with Crippen molar-refractivity contribution in [3.8, 4) is 18.1 Å². The second-order valence-corrected chi connectivity index (χ2v) is 5.53. The summed E-state index contributed by atoms with van der Waals surface area (Å²) >= 11 is 3.38. The number of hydrogen-bond donors (Lipinski definition) is 0. The molecule has 0 atom stereocenters. The van der Waals surface area contributed by atoms with Gasteiger partial charge in [0.15, 0.2) is 0 Å². The third-order valence-corrected chi connectivity index (χ3v) is 3.86. The zero-order valence-electron chi connectivity index (χ0n) is 11.4. The van der Waals surface area contributed by atoms with Crippen LogP contribution in [0.4, 0.5) is 0 Å². The highest BCUT2D eigenvalue weighted by molar-refractivity contribution is 9.10. The number of ether oxygens (including phenoxy) is 1. The highest BCUT2D eigenvalue weighted by atomic mass is 79.9. The second-order valence-electron chi connectivity index (χ2n) is 4.62. The maximum Gasteiger partial charge on any atom is 0.257 e. The van der Waals surface area contributed by atoms with Crippen molar-refractivity contribution in [1.82, 2.24) is 9.80 Å². The normalized spacial score (nSPS) is 15.8. The predicted octanol–water partition coefficient (Wildman–Crippen LogP) is 1.85. The molecule has 1 aliphatic rings. The van der Waals surface area contributed by atoms with Crippen molar-refractivity contribution in [1.29, 1.82) is 0 Å². The van der Waals surface area contributed by atoms with Crippen LogP contribution in [0.15, 0.2) is 22.7 Å². The summed E-state index contributed by atoms with van der Waals surface area (Å²) < 4.78 is 6.18. The first-order chi connectivity index (χ1) is 9.65. The van der Waals surface area contributed by atoms with Crippen molar-refractivity contribution in [2.45, 2.75) is 0 Å². The Labute approximate surface area is 127 Å². The maximum absolute atomic E-state index is 12.5. The first-order valence-corrected chi connectivity index (χ1v) is 7.23. The molecule has 4 nitrogen and oxygen atoms in total. The number of nitrogens with zero attached hydrogens (tertiary/aromatic N) is 2. The molecule has 0 unspecified atom stereocenters. The number of methoxy groups -OCH3 is 1. The molecule has 1 fully saturated rings. The fraction of sp³-hybridized carbons (Fsp3) is 0.400. The Morgan fingerprint density at radius 1 is 1.40 bits per heavy atom. The van der Waals surface area contributed by atoms with E-state index in [2.05, 4.69) is 26.8 Å². The summed E-state index contributed by atoms with van der Waals surface area (Å²) in [5, 5.41) is 0. The third-order valence-electron chi connectivity index (χ3n) is 3.37. The van der Waals surface area contributed by atoms with Crippen molar-refractivity contribution >= 4 is 21.8 Å². The predicted molar refractivity (Wildman–Crippen MR) is 81.9 cm³/mol. The van der Waals surface area contributed by atoms with E-state index in [1.807, 2.05) is 17.0 Å². The van der Waals surface area contributed by atoms with Gasteiger partial charge in [0.2, 0.25) is 0 Å². The highest BCUT2D eigenvalue weighted by Crippen LogP contribution is 2.25. The van der Waals surface area contributed by atoms with Gasteiger partial charge in [-0.15, -0.1) is 6.42 Å². The molecule has 1 heterocycles. The van der Waals surface area contributed by atoms with E-state index in [9.17, 15) is 4.79 Å². The molecule has 1 aliphatic heterocycles. The Morgan fingerprint density at radius 2 is 2.10 bits per heavy atom. The van der Waals surface area contributed by atoms with Gasteiger partial charge < -0.3 is 9.64 Å². The average molecular weight is 337 g/mol. The van der Waals surface area contributed by atoms with Gasteiger partial charge in [-0.05, 0) is 18.2 Å². The number of carbonyl (C=O) groups excluding carboxylic acids is 1.